The van der Waals surface area contributed by atoms with E-state index in [-0.39, 0.29) is 24.0 Å². The Labute approximate surface area is 186 Å². The smallest absolute Gasteiger partial charge is 0.191 e. The Hall–Kier alpha value is -1.65. The molecule has 6 nitrogen and oxygen atoms in total. The van der Waals surface area contributed by atoms with E-state index >= 15 is 0 Å². The number of halogens is 1. The highest BCUT2D eigenvalue weighted by Gasteiger charge is 2.12. The number of thiophene rings is 1. The molecule has 1 aromatic carbocycles. The van der Waals surface area contributed by atoms with Crippen molar-refractivity contribution in [1.29, 1.82) is 0 Å². The van der Waals surface area contributed by atoms with E-state index < -0.39 is 6.10 Å². The maximum atomic E-state index is 10.5. The first kappa shape index (κ1) is 22.6. The maximum Gasteiger partial charge on any atom is 0.191 e. The van der Waals surface area contributed by atoms with Crippen LogP contribution in [0.4, 0.5) is 0 Å². The minimum atomic E-state index is -0.566. The molecule has 28 heavy (non-hydrogen) atoms. The average Bonchev–Trinajstić information content (AvgIpc) is 3.25. The third kappa shape index (κ3) is 5.68. The molecule has 0 aliphatic heterocycles. The molecular weight excluding hydrogens is 487 g/mol. The Morgan fingerprint density at radius 2 is 2.07 bits per heavy atom. The molecule has 0 spiro atoms. The third-order valence-corrected chi connectivity index (χ3v) is 5.75. The lowest BCUT2D eigenvalue weighted by atomic mass is 10.1. The SMILES string of the molecule is CN=C(NCCCc1c(C)noc1C)NCC(O)c1cc2ccccc2s1.I. The quantitative estimate of drug-likeness (QED) is 0.193. The van der Waals surface area contributed by atoms with Gasteiger partial charge < -0.3 is 20.3 Å². The van der Waals surface area contributed by atoms with Crippen LogP contribution in [0.1, 0.15) is 34.4 Å². The van der Waals surface area contributed by atoms with E-state index in [4.69, 9.17) is 4.52 Å². The van der Waals surface area contributed by atoms with Crippen molar-refractivity contribution in [3.8, 4) is 0 Å². The van der Waals surface area contributed by atoms with E-state index in [1.54, 1.807) is 18.4 Å². The van der Waals surface area contributed by atoms with Gasteiger partial charge in [0, 0.05) is 35.3 Å². The van der Waals surface area contributed by atoms with Crippen molar-refractivity contribution in [2.75, 3.05) is 20.1 Å². The van der Waals surface area contributed by atoms with Gasteiger partial charge in [-0.05, 0) is 44.2 Å². The molecule has 0 saturated carbocycles. The van der Waals surface area contributed by atoms with E-state index in [1.165, 1.54) is 15.6 Å². The van der Waals surface area contributed by atoms with Crippen molar-refractivity contribution in [2.45, 2.75) is 32.8 Å². The molecule has 152 valence electrons. The van der Waals surface area contributed by atoms with E-state index in [2.05, 4.69) is 32.9 Å². The summed E-state index contributed by atoms with van der Waals surface area (Å²) < 4.78 is 6.38. The van der Waals surface area contributed by atoms with Crippen molar-refractivity contribution < 1.29 is 9.63 Å². The molecule has 0 saturated heterocycles. The minimum absolute atomic E-state index is 0. The lowest BCUT2D eigenvalue weighted by Crippen LogP contribution is -2.39. The van der Waals surface area contributed by atoms with Crippen LogP contribution in [0.5, 0.6) is 0 Å². The molecular formula is C20H27IN4O2S. The Bertz CT molecular complexity index is 869. The molecule has 3 N–H and O–H groups in total. The van der Waals surface area contributed by atoms with Crippen molar-refractivity contribution in [2.24, 2.45) is 4.99 Å². The molecule has 0 aliphatic carbocycles. The summed E-state index contributed by atoms with van der Waals surface area (Å²) in [6.07, 6.45) is 1.29. The number of aromatic nitrogens is 1. The molecule has 0 amide bonds. The van der Waals surface area contributed by atoms with Gasteiger partial charge in [-0.3, -0.25) is 4.99 Å². The van der Waals surface area contributed by atoms with Crippen molar-refractivity contribution in [3.05, 3.63) is 52.2 Å². The number of benzene rings is 1. The first-order valence-electron chi connectivity index (χ1n) is 9.11. The van der Waals surface area contributed by atoms with Gasteiger partial charge in [0.2, 0.25) is 0 Å². The molecule has 2 aromatic heterocycles. The molecule has 0 radical (unpaired) electrons. The molecule has 0 bridgehead atoms. The number of rotatable bonds is 7. The summed E-state index contributed by atoms with van der Waals surface area (Å²) in [5.74, 6) is 1.58. The number of aliphatic imine (C=N–C) groups is 1. The largest absolute Gasteiger partial charge is 0.386 e. The molecule has 1 unspecified atom stereocenters. The maximum absolute atomic E-state index is 10.5. The highest BCUT2D eigenvalue weighted by Crippen LogP contribution is 2.29. The highest BCUT2D eigenvalue weighted by atomic mass is 127. The Morgan fingerprint density at radius 3 is 2.75 bits per heavy atom. The van der Waals surface area contributed by atoms with Gasteiger partial charge in [0.05, 0.1) is 5.69 Å². The highest BCUT2D eigenvalue weighted by molar-refractivity contribution is 14.0. The predicted octanol–water partition coefficient (Wildman–Crippen LogP) is 3.96. The van der Waals surface area contributed by atoms with Gasteiger partial charge in [0.15, 0.2) is 5.96 Å². The van der Waals surface area contributed by atoms with E-state index in [1.807, 2.05) is 32.0 Å². The van der Waals surface area contributed by atoms with Crippen LogP contribution in [-0.4, -0.2) is 36.4 Å². The number of aliphatic hydroxyl groups is 1. The van der Waals surface area contributed by atoms with Crippen LogP contribution in [0, 0.1) is 13.8 Å². The summed E-state index contributed by atoms with van der Waals surface area (Å²) in [7, 11) is 1.73. The van der Waals surface area contributed by atoms with Crippen LogP contribution in [0.3, 0.4) is 0 Å². The van der Waals surface area contributed by atoms with Crippen molar-refractivity contribution in [3.63, 3.8) is 0 Å². The number of aliphatic hydroxyl groups excluding tert-OH is 1. The van der Waals surface area contributed by atoms with Gasteiger partial charge in [-0.15, -0.1) is 35.3 Å². The number of aryl methyl sites for hydroxylation is 2. The first-order chi connectivity index (χ1) is 13.1. The Balaban J connectivity index is 0.00000280. The van der Waals surface area contributed by atoms with Gasteiger partial charge in [-0.1, -0.05) is 23.4 Å². The second-order valence-corrected chi connectivity index (χ2v) is 7.60. The van der Waals surface area contributed by atoms with Crippen LogP contribution in [-0.2, 0) is 6.42 Å². The molecule has 1 atom stereocenters. The standard InChI is InChI=1S/C20H26N4O2S.HI/c1-13-16(14(2)26-24-13)8-6-10-22-20(21-3)23-12-17(25)19-11-15-7-4-5-9-18(15)27-19;/h4-5,7,9,11,17,25H,6,8,10,12H2,1-3H3,(H2,21,22,23);1H. The van der Waals surface area contributed by atoms with E-state index in [0.29, 0.717) is 12.5 Å². The molecule has 0 fully saturated rings. The number of nitrogens with zero attached hydrogens (tertiary/aromatic N) is 2. The average molecular weight is 514 g/mol. The molecule has 8 heteroatoms. The van der Waals surface area contributed by atoms with Gasteiger partial charge >= 0.3 is 0 Å². The second-order valence-electron chi connectivity index (χ2n) is 6.49. The summed E-state index contributed by atoms with van der Waals surface area (Å²) >= 11 is 1.62. The van der Waals surface area contributed by atoms with Crippen LogP contribution in [0.15, 0.2) is 39.8 Å². The molecule has 3 rings (SSSR count). The number of hydrogen-bond donors (Lipinski definition) is 3. The summed E-state index contributed by atoms with van der Waals surface area (Å²) in [4.78, 5) is 5.18. The second kappa shape index (κ2) is 10.8. The van der Waals surface area contributed by atoms with Gasteiger partial charge in [0.25, 0.3) is 0 Å². The molecule has 2 heterocycles. The zero-order valence-electron chi connectivity index (χ0n) is 16.4. The lowest BCUT2D eigenvalue weighted by Gasteiger charge is -2.14. The van der Waals surface area contributed by atoms with Gasteiger partial charge in [-0.2, -0.15) is 0 Å². The topological polar surface area (TPSA) is 82.7 Å². The van der Waals surface area contributed by atoms with E-state index in [0.717, 1.165) is 35.7 Å². The van der Waals surface area contributed by atoms with Crippen LogP contribution >= 0.6 is 35.3 Å². The number of nitrogens with one attached hydrogen (secondary N) is 2. The summed E-state index contributed by atoms with van der Waals surface area (Å²) in [5.41, 5.74) is 2.14. The van der Waals surface area contributed by atoms with Gasteiger partial charge in [-0.25, -0.2) is 0 Å². The lowest BCUT2D eigenvalue weighted by molar-refractivity contribution is 0.184. The Kier molecular flexibility index (Phi) is 8.71. The fourth-order valence-corrected chi connectivity index (χ4v) is 4.06. The normalized spacial score (nSPS) is 12.6. The van der Waals surface area contributed by atoms with Gasteiger partial charge in [0.1, 0.15) is 11.9 Å². The number of fused-ring (bicyclic) bond motifs is 1. The molecule has 0 aliphatic rings. The fraction of sp³-hybridized carbons (Fsp3) is 0.400. The van der Waals surface area contributed by atoms with Crippen LogP contribution in [0.2, 0.25) is 0 Å². The van der Waals surface area contributed by atoms with E-state index in [9.17, 15) is 5.11 Å². The van der Waals surface area contributed by atoms with Crippen LogP contribution < -0.4 is 10.6 Å². The summed E-state index contributed by atoms with van der Waals surface area (Å²) in [6.45, 7) is 5.10. The first-order valence-corrected chi connectivity index (χ1v) is 9.93. The zero-order chi connectivity index (χ0) is 19.2. The minimum Gasteiger partial charge on any atom is -0.386 e. The Morgan fingerprint density at radius 1 is 1.29 bits per heavy atom. The number of guanidine groups is 1. The summed E-state index contributed by atoms with van der Waals surface area (Å²) in [6, 6.07) is 10.2. The third-order valence-electron chi connectivity index (χ3n) is 4.54. The predicted molar refractivity (Wildman–Crippen MR) is 126 cm³/mol. The monoisotopic (exact) mass is 514 g/mol. The summed E-state index contributed by atoms with van der Waals surface area (Å²) in [5, 5.41) is 22.1. The fourth-order valence-electron chi connectivity index (χ4n) is 3.01. The van der Waals surface area contributed by atoms with Crippen LogP contribution in [0.25, 0.3) is 10.1 Å². The van der Waals surface area contributed by atoms with Crippen molar-refractivity contribution in [1.82, 2.24) is 15.8 Å². The zero-order valence-corrected chi connectivity index (χ0v) is 19.5. The molecule has 3 aromatic rings. The number of hydrogen-bond acceptors (Lipinski definition) is 5. The van der Waals surface area contributed by atoms with Crippen molar-refractivity contribution >= 4 is 51.4 Å².